The molecule has 0 spiro atoms. The predicted molar refractivity (Wildman–Crippen MR) is 125 cm³/mol. The molecule has 0 aliphatic rings. The molecule has 0 aliphatic carbocycles. The van der Waals surface area contributed by atoms with Crippen LogP contribution >= 0.6 is 34.8 Å². The highest BCUT2D eigenvalue weighted by Gasteiger charge is 2.26. The zero-order chi connectivity index (χ0) is 23.1. The first-order chi connectivity index (χ1) is 14.6. The molecule has 0 heterocycles. The SMILES string of the molecule is CC(C)CC(NC(=O)c1ccc(Cl)cc1)C(=O)N(C)CC(=O)Nc1c(Cl)cccc1Cl. The number of benzene rings is 2. The molecule has 166 valence electrons. The van der Waals surface area contributed by atoms with Crippen molar-refractivity contribution in [3.8, 4) is 0 Å². The summed E-state index contributed by atoms with van der Waals surface area (Å²) < 4.78 is 0. The number of likely N-dealkylation sites (N-methyl/N-ethyl adjacent to an activating group) is 1. The summed E-state index contributed by atoms with van der Waals surface area (Å²) >= 11 is 18.0. The molecular weight excluding hydrogens is 461 g/mol. The zero-order valence-electron chi connectivity index (χ0n) is 17.4. The van der Waals surface area contributed by atoms with Crippen molar-refractivity contribution in [2.24, 2.45) is 5.92 Å². The quantitative estimate of drug-likeness (QED) is 0.560. The van der Waals surface area contributed by atoms with Gasteiger partial charge in [-0.25, -0.2) is 0 Å². The molecule has 3 amide bonds. The Kier molecular flexibility index (Phi) is 9.16. The monoisotopic (exact) mass is 483 g/mol. The maximum absolute atomic E-state index is 13.0. The Balaban J connectivity index is 2.06. The Morgan fingerprint density at radius 1 is 0.968 bits per heavy atom. The number of hydrogen-bond donors (Lipinski definition) is 2. The number of anilines is 1. The van der Waals surface area contributed by atoms with Crippen molar-refractivity contribution in [3.63, 3.8) is 0 Å². The van der Waals surface area contributed by atoms with Gasteiger partial charge in [0.2, 0.25) is 11.8 Å². The van der Waals surface area contributed by atoms with E-state index in [2.05, 4.69) is 10.6 Å². The molecule has 0 fully saturated rings. The third-order valence-electron chi connectivity index (χ3n) is 4.40. The smallest absolute Gasteiger partial charge is 0.251 e. The fraction of sp³-hybridized carbons (Fsp3) is 0.318. The molecule has 1 atom stereocenters. The van der Waals surface area contributed by atoms with E-state index in [-0.39, 0.29) is 24.1 Å². The number of hydrogen-bond acceptors (Lipinski definition) is 3. The molecule has 0 aromatic heterocycles. The standard InChI is InChI=1S/C22H24Cl3N3O3/c1-13(2)11-18(26-21(30)14-7-9-15(23)10-8-14)22(31)28(3)12-19(29)27-20-16(24)5-4-6-17(20)25/h4-10,13,18H,11-12H2,1-3H3,(H,26,30)(H,27,29). The normalized spacial score (nSPS) is 11.7. The van der Waals surface area contributed by atoms with Crippen molar-refractivity contribution in [1.29, 1.82) is 0 Å². The summed E-state index contributed by atoms with van der Waals surface area (Å²) in [5, 5.41) is 6.48. The summed E-state index contributed by atoms with van der Waals surface area (Å²) in [5.41, 5.74) is 0.672. The molecule has 0 bridgehead atoms. The lowest BCUT2D eigenvalue weighted by Crippen LogP contribution is -2.49. The molecule has 1 unspecified atom stereocenters. The minimum atomic E-state index is -0.787. The lowest BCUT2D eigenvalue weighted by atomic mass is 10.0. The van der Waals surface area contributed by atoms with Crippen LogP contribution in [0.25, 0.3) is 0 Å². The van der Waals surface area contributed by atoms with Crippen LogP contribution in [-0.2, 0) is 9.59 Å². The van der Waals surface area contributed by atoms with Gasteiger partial charge in [0.25, 0.3) is 5.91 Å². The average molecular weight is 485 g/mol. The molecule has 0 radical (unpaired) electrons. The van der Waals surface area contributed by atoms with Crippen molar-refractivity contribution >= 4 is 58.2 Å². The van der Waals surface area contributed by atoms with Crippen LogP contribution in [0, 0.1) is 5.92 Å². The second kappa shape index (κ2) is 11.4. The Hall–Kier alpha value is -2.28. The van der Waals surface area contributed by atoms with Gasteiger partial charge in [-0.3, -0.25) is 14.4 Å². The van der Waals surface area contributed by atoms with Crippen LogP contribution in [0.2, 0.25) is 15.1 Å². The van der Waals surface area contributed by atoms with Gasteiger partial charge in [-0.1, -0.05) is 54.7 Å². The first-order valence-electron chi connectivity index (χ1n) is 9.63. The maximum atomic E-state index is 13.0. The van der Waals surface area contributed by atoms with Crippen LogP contribution < -0.4 is 10.6 Å². The molecule has 0 aliphatic heterocycles. The summed E-state index contributed by atoms with van der Waals surface area (Å²) in [5.74, 6) is -1.09. The summed E-state index contributed by atoms with van der Waals surface area (Å²) in [6.45, 7) is 3.66. The van der Waals surface area contributed by atoms with Gasteiger partial charge in [-0.15, -0.1) is 0 Å². The van der Waals surface area contributed by atoms with Crippen LogP contribution in [0.15, 0.2) is 42.5 Å². The number of rotatable bonds is 8. The highest BCUT2D eigenvalue weighted by Crippen LogP contribution is 2.29. The molecule has 6 nitrogen and oxygen atoms in total. The first-order valence-corrected chi connectivity index (χ1v) is 10.8. The Morgan fingerprint density at radius 2 is 1.55 bits per heavy atom. The average Bonchev–Trinajstić information content (AvgIpc) is 2.69. The summed E-state index contributed by atoms with van der Waals surface area (Å²) in [7, 11) is 1.50. The predicted octanol–water partition coefficient (Wildman–Crippen LogP) is 4.89. The molecule has 2 rings (SSSR count). The topological polar surface area (TPSA) is 78.5 Å². The largest absolute Gasteiger partial charge is 0.340 e. The van der Waals surface area contributed by atoms with Crippen molar-refractivity contribution in [3.05, 3.63) is 63.1 Å². The number of nitrogens with zero attached hydrogens (tertiary/aromatic N) is 1. The molecule has 31 heavy (non-hydrogen) atoms. The third-order valence-corrected chi connectivity index (χ3v) is 5.28. The molecular formula is C22H24Cl3N3O3. The van der Waals surface area contributed by atoms with E-state index < -0.39 is 17.9 Å². The van der Waals surface area contributed by atoms with Crippen LogP contribution in [-0.4, -0.2) is 42.3 Å². The number of para-hydroxylation sites is 1. The van der Waals surface area contributed by atoms with E-state index in [4.69, 9.17) is 34.8 Å². The van der Waals surface area contributed by atoms with Gasteiger partial charge in [0.05, 0.1) is 22.3 Å². The molecule has 0 saturated heterocycles. The van der Waals surface area contributed by atoms with Gasteiger partial charge >= 0.3 is 0 Å². The number of carbonyl (C=O) groups is 3. The van der Waals surface area contributed by atoms with Crippen molar-refractivity contribution in [2.75, 3.05) is 18.9 Å². The lowest BCUT2D eigenvalue weighted by molar-refractivity contribution is -0.135. The minimum Gasteiger partial charge on any atom is -0.340 e. The number of amides is 3. The summed E-state index contributed by atoms with van der Waals surface area (Å²) in [4.78, 5) is 39.2. The number of nitrogens with one attached hydrogen (secondary N) is 2. The van der Waals surface area contributed by atoms with Gasteiger partial charge in [0, 0.05) is 17.6 Å². The van der Waals surface area contributed by atoms with Gasteiger partial charge in [0.1, 0.15) is 6.04 Å². The van der Waals surface area contributed by atoms with E-state index in [9.17, 15) is 14.4 Å². The molecule has 2 N–H and O–H groups in total. The summed E-state index contributed by atoms with van der Waals surface area (Å²) in [6.07, 6.45) is 0.417. The van der Waals surface area contributed by atoms with Crippen molar-refractivity contribution in [2.45, 2.75) is 26.3 Å². The van der Waals surface area contributed by atoms with E-state index in [1.165, 1.54) is 11.9 Å². The van der Waals surface area contributed by atoms with Crippen LogP contribution in [0.5, 0.6) is 0 Å². The molecule has 0 saturated carbocycles. The van der Waals surface area contributed by atoms with Crippen molar-refractivity contribution < 1.29 is 14.4 Å². The van der Waals surface area contributed by atoms with Gasteiger partial charge in [-0.2, -0.15) is 0 Å². The van der Waals surface area contributed by atoms with Crippen LogP contribution in [0.1, 0.15) is 30.6 Å². The Labute approximate surface area is 196 Å². The molecule has 9 heteroatoms. The zero-order valence-corrected chi connectivity index (χ0v) is 19.7. The fourth-order valence-electron chi connectivity index (χ4n) is 2.89. The van der Waals surface area contributed by atoms with Gasteiger partial charge in [-0.05, 0) is 48.7 Å². The second-order valence-electron chi connectivity index (χ2n) is 7.50. The maximum Gasteiger partial charge on any atom is 0.251 e. The van der Waals surface area contributed by atoms with Crippen LogP contribution in [0.4, 0.5) is 5.69 Å². The van der Waals surface area contributed by atoms with Gasteiger partial charge < -0.3 is 15.5 Å². The fourth-order valence-corrected chi connectivity index (χ4v) is 3.51. The second-order valence-corrected chi connectivity index (χ2v) is 8.75. The highest BCUT2D eigenvalue weighted by molar-refractivity contribution is 6.39. The van der Waals surface area contributed by atoms with E-state index in [1.54, 1.807) is 42.5 Å². The highest BCUT2D eigenvalue weighted by atomic mass is 35.5. The lowest BCUT2D eigenvalue weighted by Gasteiger charge is -2.25. The molecule has 2 aromatic carbocycles. The summed E-state index contributed by atoms with van der Waals surface area (Å²) in [6, 6.07) is 10.4. The number of carbonyl (C=O) groups excluding carboxylic acids is 3. The van der Waals surface area contributed by atoms with E-state index in [0.717, 1.165) is 0 Å². The third kappa shape index (κ3) is 7.42. The van der Waals surface area contributed by atoms with Gasteiger partial charge in [0.15, 0.2) is 0 Å². The van der Waals surface area contributed by atoms with E-state index >= 15 is 0 Å². The first kappa shape index (κ1) is 25.0. The van der Waals surface area contributed by atoms with Crippen molar-refractivity contribution in [1.82, 2.24) is 10.2 Å². The van der Waals surface area contributed by atoms with E-state index in [0.29, 0.717) is 27.1 Å². The van der Waals surface area contributed by atoms with E-state index in [1.807, 2.05) is 13.8 Å². The number of halogens is 3. The minimum absolute atomic E-state index is 0.142. The molecule has 2 aromatic rings. The van der Waals surface area contributed by atoms with Crippen LogP contribution in [0.3, 0.4) is 0 Å². The Bertz CT molecular complexity index is 929. The Morgan fingerprint density at radius 3 is 2.10 bits per heavy atom.